The average molecular weight is 457 g/mol. The smallest absolute Gasteiger partial charge is 0.400 e. The molecule has 0 saturated heterocycles. The summed E-state index contributed by atoms with van der Waals surface area (Å²) in [4.78, 5) is 0. The molecule has 2 aliphatic rings. The van der Waals surface area contributed by atoms with E-state index in [9.17, 15) is 13.2 Å². The van der Waals surface area contributed by atoms with Gasteiger partial charge in [0.1, 0.15) is 11.6 Å². The second-order valence-corrected chi connectivity index (χ2v) is 10.2. The number of halogens is 3. The van der Waals surface area contributed by atoms with Gasteiger partial charge in [0, 0.05) is 0 Å². The molecule has 0 amide bonds. The molecule has 0 aliphatic heterocycles. The van der Waals surface area contributed by atoms with Crippen molar-refractivity contribution in [3.63, 3.8) is 0 Å². The third-order valence-corrected chi connectivity index (χ3v) is 7.58. The van der Waals surface area contributed by atoms with Crippen molar-refractivity contribution in [1.29, 1.82) is 0 Å². The van der Waals surface area contributed by atoms with Gasteiger partial charge in [-0.15, -0.1) is 0 Å². The highest BCUT2D eigenvalue weighted by atomic mass is 19.3. The van der Waals surface area contributed by atoms with Crippen LogP contribution in [0.3, 0.4) is 0 Å². The Morgan fingerprint density at radius 3 is 1.91 bits per heavy atom. The van der Waals surface area contributed by atoms with Gasteiger partial charge in [0.15, 0.2) is 0 Å². The molecule has 0 heterocycles. The van der Waals surface area contributed by atoms with Gasteiger partial charge in [-0.2, -0.15) is 8.78 Å². The molecule has 0 radical (unpaired) electrons. The van der Waals surface area contributed by atoms with E-state index in [1.54, 1.807) is 37.3 Å². The molecule has 0 aromatic heterocycles. The van der Waals surface area contributed by atoms with Crippen LogP contribution in [0.5, 0.6) is 5.75 Å². The molecule has 0 N–H and O–H groups in total. The predicted molar refractivity (Wildman–Crippen MR) is 128 cm³/mol. The van der Waals surface area contributed by atoms with Crippen LogP contribution in [0.1, 0.15) is 63.9 Å². The zero-order valence-corrected chi connectivity index (χ0v) is 19.7. The van der Waals surface area contributed by atoms with E-state index in [0.717, 1.165) is 24.3 Å². The van der Waals surface area contributed by atoms with Gasteiger partial charge in [0.2, 0.25) is 0 Å². The Hall–Kier alpha value is -2.23. The fourth-order valence-electron chi connectivity index (χ4n) is 5.17. The third kappa shape index (κ3) is 6.22. The minimum atomic E-state index is -3.19. The first-order chi connectivity index (χ1) is 15.8. The van der Waals surface area contributed by atoms with Crippen LogP contribution in [0.2, 0.25) is 0 Å². The molecule has 33 heavy (non-hydrogen) atoms. The molecule has 0 spiro atoms. The lowest BCUT2D eigenvalue weighted by Crippen LogP contribution is -2.37. The highest BCUT2D eigenvalue weighted by Crippen LogP contribution is 2.41. The van der Waals surface area contributed by atoms with E-state index < -0.39 is 12.0 Å². The van der Waals surface area contributed by atoms with Crippen LogP contribution in [-0.4, -0.2) is 6.11 Å². The normalized spacial score (nSPS) is 26.5. The van der Waals surface area contributed by atoms with Crippen molar-refractivity contribution in [3.8, 4) is 16.9 Å². The standard InChI is InChI=1S/C29H35F3O/c1-20-3-6-22(7-4-20)8-9-23-10-15-26(16-11-23)29(31,32)33-27-17-13-24(14-18-27)25-12-5-21(2)28(30)19-25/h5,8-9,12-14,17-20,22-23,26H,3-4,6-7,10-11,15-16H2,1-2H3/b9-8+. The van der Waals surface area contributed by atoms with Crippen LogP contribution in [0.15, 0.2) is 54.6 Å². The van der Waals surface area contributed by atoms with Gasteiger partial charge >= 0.3 is 6.11 Å². The molecule has 0 atom stereocenters. The highest BCUT2D eigenvalue weighted by molar-refractivity contribution is 5.64. The zero-order valence-electron chi connectivity index (χ0n) is 19.7. The van der Waals surface area contributed by atoms with Crippen molar-refractivity contribution in [2.45, 2.75) is 71.3 Å². The minimum Gasteiger partial charge on any atom is -0.432 e. The lowest BCUT2D eigenvalue weighted by atomic mass is 9.79. The number of benzene rings is 2. The number of hydrogen-bond acceptors (Lipinski definition) is 1. The van der Waals surface area contributed by atoms with E-state index >= 15 is 0 Å². The lowest BCUT2D eigenvalue weighted by molar-refractivity contribution is -0.222. The van der Waals surface area contributed by atoms with Crippen molar-refractivity contribution >= 4 is 0 Å². The van der Waals surface area contributed by atoms with E-state index in [2.05, 4.69) is 19.1 Å². The van der Waals surface area contributed by atoms with Gasteiger partial charge in [-0.05, 0) is 98.1 Å². The summed E-state index contributed by atoms with van der Waals surface area (Å²) < 4.78 is 48.7. The van der Waals surface area contributed by atoms with Crippen molar-refractivity contribution in [1.82, 2.24) is 0 Å². The molecule has 178 valence electrons. The number of alkyl halides is 2. The van der Waals surface area contributed by atoms with Gasteiger partial charge in [-0.1, -0.05) is 56.2 Å². The van der Waals surface area contributed by atoms with E-state index in [1.807, 2.05) is 6.07 Å². The first kappa shape index (κ1) is 23.9. The number of aryl methyl sites for hydroxylation is 1. The molecule has 2 saturated carbocycles. The lowest BCUT2D eigenvalue weighted by Gasteiger charge is -2.32. The largest absolute Gasteiger partial charge is 0.432 e. The summed E-state index contributed by atoms with van der Waals surface area (Å²) in [7, 11) is 0. The maximum absolute atomic E-state index is 14.9. The monoisotopic (exact) mass is 456 g/mol. The van der Waals surface area contributed by atoms with Crippen molar-refractivity contribution in [3.05, 3.63) is 66.0 Å². The SMILES string of the molecule is Cc1ccc(-c2ccc(OC(F)(F)C3CCC(/C=C/C4CCC(C)CC4)CC3)cc2)cc1F. The van der Waals surface area contributed by atoms with Crippen molar-refractivity contribution in [2.75, 3.05) is 0 Å². The molecule has 0 bridgehead atoms. The van der Waals surface area contributed by atoms with Gasteiger partial charge in [-0.3, -0.25) is 0 Å². The fourth-order valence-corrected chi connectivity index (χ4v) is 5.17. The van der Waals surface area contributed by atoms with E-state index in [1.165, 1.54) is 31.7 Å². The Bertz CT molecular complexity index is 934. The van der Waals surface area contributed by atoms with Crippen LogP contribution in [0.25, 0.3) is 11.1 Å². The topological polar surface area (TPSA) is 9.23 Å². The van der Waals surface area contributed by atoms with Crippen LogP contribution in [-0.2, 0) is 0 Å². The second-order valence-electron chi connectivity index (χ2n) is 10.2. The van der Waals surface area contributed by atoms with E-state index in [-0.39, 0.29) is 11.6 Å². The Morgan fingerprint density at radius 1 is 0.788 bits per heavy atom. The Kier molecular flexibility index (Phi) is 7.51. The molecular weight excluding hydrogens is 421 g/mol. The Labute approximate surface area is 196 Å². The summed E-state index contributed by atoms with van der Waals surface area (Å²) in [5.74, 6) is 1.02. The molecule has 4 heteroatoms. The van der Waals surface area contributed by atoms with Gasteiger partial charge in [0.25, 0.3) is 0 Å². The van der Waals surface area contributed by atoms with Gasteiger partial charge in [-0.25, -0.2) is 4.39 Å². The molecule has 2 aromatic carbocycles. The zero-order chi connectivity index (χ0) is 23.4. The Morgan fingerprint density at radius 2 is 1.33 bits per heavy atom. The summed E-state index contributed by atoms with van der Waals surface area (Å²) in [6.07, 6.45) is 9.12. The second kappa shape index (κ2) is 10.4. The number of hydrogen-bond donors (Lipinski definition) is 0. The highest BCUT2D eigenvalue weighted by Gasteiger charge is 2.43. The van der Waals surface area contributed by atoms with Crippen LogP contribution < -0.4 is 4.74 Å². The molecule has 0 unspecified atom stereocenters. The quantitative estimate of drug-likeness (QED) is 0.394. The predicted octanol–water partition coefficient (Wildman–Crippen LogP) is 8.96. The summed E-state index contributed by atoms with van der Waals surface area (Å²) in [6, 6.07) is 11.5. The van der Waals surface area contributed by atoms with E-state index in [0.29, 0.717) is 35.8 Å². The molecule has 2 aromatic rings. The molecular formula is C29H35F3O. The van der Waals surface area contributed by atoms with Crippen LogP contribution >= 0.6 is 0 Å². The third-order valence-electron chi connectivity index (χ3n) is 7.58. The maximum Gasteiger partial charge on any atom is 0.400 e. The molecule has 2 fully saturated rings. The first-order valence-corrected chi connectivity index (χ1v) is 12.4. The maximum atomic E-state index is 14.9. The molecule has 4 rings (SSSR count). The van der Waals surface area contributed by atoms with Gasteiger partial charge in [0.05, 0.1) is 5.92 Å². The molecule has 2 aliphatic carbocycles. The summed E-state index contributed by atoms with van der Waals surface area (Å²) in [5.41, 5.74) is 2.06. The fraction of sp³-hybridized carbons (Fsp3) is 0.517. The molecule has 1 nitrogen and oxygen atoms in total. The number of rotatable bonds is 6. The van der Waals surface area contributed by atoms with Crippen molar-refractivity contribution < 1.29 is 17.9 Å². The average Bonchev–Trinajstić information content (AvgIpc) is 2.81. The van der Waals surface area contributed by atoms with Gasteiger partial charge < -0.3 is 4.74 Å². The first-order valence-electron chi connectivity index (χ1n) is 12.4. The minimum absolute atomic E-state index is 0.143. The summed E-state index contributed by atoms with van der Waals surface area (Å²) in [5, 5.41) is 0. The van der Waals surface area contributed by atoms with Crippen molar-refractivity contribution in [2.24, 2.45) is 23.7 Å². The van der Waals surface area contributed by atoms with Crippen LogP contribution in [0, 0.1) is 36.4 Å². The summed E-state index contributed by atoms with van der Waals surface area (Å²) in [6.45, 7) is 4.03. The summed E-state index contributed by atoms with van der Waals surface area (Å²) >= 11 is 0. The number of allylic oxidation sites excluding steroid dienone is 2. The Balaban J connectivity index is 1.29. The van der Waals surface area contributed by atoms with Crippen LogP contribution in [0.4, 0.5) is 13.2 Å². The van der Waals surface area contributed by atoms with E-state index in [4.69, 9.17) is 4.74 Å². The number of ether oxygens (including phenoxy) is 1.